The van der Waals surface area contributed by atoms with Crippen molar-refractivity contribution in [1.29, 1.82) is 0 Å². The number of nitrogens with one attached hydrogen (secondary N) is 2. The summed E-state index contributed by atoms with van der Waals surface area (Å²) in [6.07, 6.45) is 0. The summed E-state index contributed by atoms with van der Waals surface area (Å²) >= 11 is 0. The SMILES string of the molecule is O=C(Nc1ccccc1C(=O)Nc1cccc(F)c1)c1ccc(S(=O)(=O)C(F)F)cc1. The number of para-hydroxylation sites is 1. The molecule has 31 heavy (non-hydrogen) atoms. The van der Waals surface area contributed by atoms with E-state index < -0.39 is 38.1 Å². The van der Waals surface area contributed by atoms with Gasteiger partial charge in [0.15, 0.2) is 0 Å². The van der Waals surface area contributed by atoms with Crippen molar-refractivity contribution in [3.05, 3.63) is 89.7 Å². The zero-order valence-corrected chi connectivity index (χ0v) is 16.5. The van der Waals surface area contributed by atoms with Crippen LogP contribution in [-0.4, -0.2) is 26.0 Å². The van der Waals surface area contributed by atoms with Crippen LogP contribution in [0.15, 0.2) is 77.7 Å². The lowest BCUT2D eigenvalue weighted by molar-refractivity contribution is 0.102. The van der Waals surface area contributed by atoms with Gasteiger partial charge in [0, 0.05) is 11.3 Å². The van der Waals surface area contributed by atoms with Crippen LogP contribution in [0, 0.1) is 5.82 Å². The molecule has 3 rings (SSSR count). The van der Waals surface area contributed by atoms with Gasteiger partial charge < -0.3 is 10.6 Å². The van der Waals surface area contributed by atoms with E-state index in [0.29, 0.717) is 0 Å². The molecule has 3 aromatic rings. The van der Waals surface area contributed by atoms with Crippen molar-refractivity contribution in [2.24, 2.45) is 0 Å². The summed E-state index contributed by atoms with van der Waals surface area (Å²) < 4.78 is 61.5. The van der Waals surface area contributed by atoms with Crippen LogP contribution >= 0.6 is 0 Å². The van der Waals surface area contributed by atoms with Crippen LogP contribution in [0.5, 0.6) is 0 Å². The Bertz CT molecular complexity index is 1230. The number of carbonyl (C=O) groups excluding carboxylic acids is 2. The van der Waals surface area contributed by atoms with Gasteiger partial charge in [-0.2, -0.15) is 8.78 Å². The number of amides is 2. The first-order valence-corrected chi connectivity index (χ1v) is 10.3. The van der Waals surface area contributed by atoms with Crippen LogP contribution in [0.25, 0.3) is 0 Å². The summed E-state index contributed by atoms with van der Waals surface area (Å²) in [5.41, 5.74) is 0.457. The molecular formula is C21H15F3N2O4S. The maximum absolute atomic E-state index is 13.3. The van der Waals surface area contributed by atoms with E-state index in [-0.39, 0.29) is 22.5 Å². The molecular weight excluding hydrogens is 433 g/mol. The normalized spacial score (nSPS) is 11.2. The molecule has 6 nitrogen and oxygen atoms in total. The number of benzene rings is 3. The van der Waals surface area contributed by atoms with Gasteiger partial charge in [0.05, 0.1) is 16.1 Å². The van der Waals surface area contributed by atoms with E-state index in [0.717, 1.165) is 30.3 Å². The smallest absolute Gasteiger partial charge is 0.322 e. The summed E-state index contributed by atoms with van der Waals surface area (Å²) in [6.45, 7) is 0. The summed E-state index contributed by atoms with van der Waals surface area (Å²) in [6, 6.07) is 15.3. The van der Waals surface area contributed by atoms with Crippen LogP contribution in [0.4, 0.5) is 24.5 Å². The lowest BCUT2D eigenvalue weighted by Gasteiger charge is -2.12. The van der Waals surface area contributed by atoms with Crippen LogP contribution in [0.1, 0.15) is 20.7 Å². The zero-order chi connectivity index (χ0) is 22.6. The van der Waals surface area contributed by atoms with Gasteiger partial charge in [0.25, 0.3) is 11.8 Å². The van der Waals surface area contributed by atoms with E-state index in [4.69, 9.17) is 0 Å². The summed E-state index contributed by atoms with van der Waals surface area (Å²) in [4.78, 5) is 24.4. The molecule has 2 N–H and O–H groups in total. The first-order valence-electron chi connectivity index (χ1n) is 8.78. The lowest BCUT2D eigenvalue weighted by Crippen LogP contribution is -2.18. The largest absolute Gasteiger partial charge is 0.341 e. The van der Waals surface area contributed by atoms with Crippen LogP contribution < -0.4 is 10.6 Å². The predicted molar refractivity (Wildman–Crippen MR) is 108 cm³/mol. The van der Waals surface area contributed by atoms with Gasteiger partial charge in [0.2, 0.25) is 9.84 Å². The molecule has 3 aromatic carbocycles. The number of carbonyl (C=O) groups is 2. The van der Waals surface area contributed by atoms with Crippen LogP contribution in [0.2, 0.25) is 0 Å². The quantitative estimate of drug-likeness (QED) is 0.587. The molecule has 160 valence electrons. The Balaban J connectivity index is 1.79. The van der Waals surface area contributed by atoms with E-state index >= 15 is 0 Å². The van der Waals surface area contributed by atoms with Gasteiger partial charge in [0.1, 0.15) is 5.82 Å². The third-order valence-corrected chi connectivity index (χ3v) is 5.58. The van der Waals surface area contributed by atoms with Crippen LogP contribution in [0.3, 0.4) is 0 Å². The molecule has 0 aliphatic rings. The molecule has 0 spiro atoms. The fourth-order valence-electron chi connectivity index (χ4n) is 2.65. The second kappa shape index (κ2) is 9.00. The van der Waals surface area contributed by atoms with Gasteiger partial charge in [-0.1, -0.05) is 18.2 Å². The number of anilines is 2. The molecule has 0 bridgehead atoms. The molecule has 0 saturated heterocycles. The van der Waals surface area contributed by atoms with Gasteiger partial charge >= 0.3 is 5.76 Å². The second-order valence-corrected chi connectivity index (χ2v) is 8.21. The van der Waals surface area contributed by atoms with E-state index in [1.54, 1.807) is 12.1 Å². The molecule has 0 atom stereocenters. The fraction of sp³-hybridized carbons (Fsp3) is 0.0476. The molecule has 0 aliphatic heterocycles. The Kier molecular flexibility index (Phi) is 6.40. The van der Waals surface area contributed by atoms with Crippen molar-refractivity contribution >= 4 is 33.0 Å². The first kappa shape index (κ1) is 22.0. The summed E-state index contributed by atoms with van der Waals surface area (Å²) in [7, 11) is -4.77. The molecule has 2 amide bonds. The number of sulfone groups is 1. The standard InChI is InChI=1S/C21H15F3N2O4S/c22-14-4-3-5-15(12-14)25-20(28)17-6-1-2-7-18(17)26-19(27)13-8-10-16(11-9-13)31(29,30)21(23)24/h1-12,21H,(H,25,28)(H,26,27). The monoisotopic (exact) mass is 448 g/mol. The maximum Gasteiger partial charge on any atom is 0.341 e. The van der Waals surface area contributed by atoms with E-state index in [1.807, 2.05) is 0 Å². The summed E-state index contributed by atoms with van der Waals surface area (Å²) in [5.74, 6) is -5.39. The van der Waals surface area contributed by atoms with Gasteiger partial charge in [-0.25, -0.2) is 12.8 Å². The highest BCUT2D eigenvalue weighted by Crippen LogP contribution is 2.21. The highest BCUT2D eigenvalue weighted by molar-refractivity contribution is 7.91. The number of hydrogen-bond acceptors (Lipinski definition) is 4. The van der Waals surface area contributed by atoms with Crippen molar-refractivity contribution in [2.75, 3.05) is 10.6 Å². The van der Waals surface area contributed by atoms with Crippen molar-refractivity contribution in [1.82, 2.24) is 0 Å². The average molecular weight is 448 g/mol. The lowest BCUT2D eigenvalue weighted by atomic mass is 10.1. The summed E-state index contributed by atoms with van der Waals surface area (Å²) in [5, 5.41) is 5.03. The first-order chi connectivity index (χ1) is 14.7. The highest BCUT2D eigenvalue weighted by Gasteiger charge is 2.26. The Hall–Kier alpha value is -3.66. The van der Waals surface area contributed by atoms with Gasteiger partial charge in [-0.3, -0.25) is 9.59 Å². The minimum atomic E-state index is -4.77. The minimum Gasteiger partial charge on any atom is -0.322 e. The molecule has 0 fully saturated rings. The fourth-order valence-corrected chi connectivity index (χ4v) is 3.37. The third kappa shape index (κ3) is 5.10. The maximum atomic E-state index is 13.3. The number of rotatable bonds is 6. The topological polar surface area (TPSA) is 92.3 Å². The van der Waals surface area contributed by atoms with Crippen molar-refractivity contribution in [3.8, 4) is 0 Å². The molecule has 0 saturated carbocycles. The molecule has 10 heteroatoms. The van der Waals surface area contributed by atoms with E-state index in [2.05, 4.69) is 10.6 Å². The average Bonchev–Trinajstić information content (AvgIpc) is 2.74. The Morgan fingerprint density at radius 3 is 2.13 bits per heavy atom. The molecule has 0 unspecified atom stereocenters. The zero-order valence-electron chi connectivity index (χ0n) is 15.7. The van der Waals surface area contributed by atoms with Crippen LogP contribution in [-0.2, 0) is 9.84 Å². The Morgan fingerprint density at radius 2 is 1.48 bits per heavy atom. The van der Waals surface area contributed by atoms with Gasteiger partial charge in [-0.15, -0.1) is 0 Å². The minimum absolute atomic E-state index is 0.00596. The third-order valence-electron chi connectivity index (χ3n) is 4.18. The van der Waals surface area contributed by atoms with Crippen molar-refractivity contribution in [3.63, 3.8) is 0 Å². The van der Waals surface area contributed by atoms with Crippen molar-refractivity contribution in [2.45, 2.75) is 10.7 Å². The Morgan fingerprint density at radius 1 is 0.806 bits per heavy atom. The highest BCUT2D eigenvalue weighted by atomic mass is 32.2. The molecule has 0 aromatic heterocycles. The van der Waals surface area contributed by atoms with E-state index in [9.17, 15) is 31.2 Å². The number of alkyl halides is 2. The number of hydrogen-bond donors (Lipinski definition) is 2. The van der Waals surface area contributed by atoms with Crippen molar-refractivity contribution < 1.29 is 31.2 Å². The van der Waals surface area contributed by atoms with Gasteiger partial charge in [-0.05, 0) is 54.6 Å². The Labute approximate surface area is 175 Å². The van der Waals surface area contributed by atoms with E-state index in [1.165, 1.54) is 30.3 Å². The molecule has 0 heterocycles. The molecule has 0 aliphatic carbocycles. The number of halogens is 3. The molecule has 0 radical (unpaired) electrons. The second-order valence-electron chi connectivity index (χ2n) is 6.29. The predicted octanol–water partition coefficient (Wildman–Crippen LogP) is 4.33.